The molecule has 0 aromatic carbocycles. The first-order valence-electron chi connectivity index (χ1n) is 5.56. The maximum Gasteiger partial charge on any atom is 0.188 e. The van der Waals surface area contributed by atoms with Gasteiger partial charge < -0.3 is 10.5 Å². The molecule has 0 aliphatic rings. The third kappa shape index (κ3) is 4.11. The average molecular weight is 217 g/mol. The molecule has 0 radical (unpaired) electrons. The predicted molar refractivity (Wildman–Crippen MR) is 65.8 cm³/mol. The van der Waals surface area contributed by atoms with Crippen LogP contribution in [0.5, 0.6) is 0 Å². The fourth-order valence-electron chi connectivity index (χ4n) is 1.17. The number of rotatable bonds is 5. The highest BCUT2D eigenvalue weighted by Crippen LogP contribution is 2.40. The van der Waals surface area contributed by atoms with Crippen molar-refractivity contribution in [2.45, 2.75) is 64.7 Å². The van der Waals surface area contributed by atoms with E-state index in [0.717, 1.165) is 12.8 Å². The normalized spacial score (nSPS) is 16.1. The van der Waals surface area contributed by atoms with E-state index in [1.54, 1.807) is 0 Å². The molecule has 1 atom stereocenters. The van der Waals surface area contributed by atoms with E-state index in [4.69, 9.17) is 5.73 Å². The van der Waals surface area contributed by atoms with Gasteiger partial charge in [-0.15, -0.1) is 0 Å². The third-order valence-corrected chi connectivity index (χ3v) is 7.18. The lowest BCUT2D eigenvalue weighted by Crippen LogP contribution is -2.40. The summed E-state index contributed by atoms with van der Waals surface area (Å²) in [6, 6.07) is 0.269. The summed E-state index contributed by atoms with van der Waals surface area (Å²) in [5.41, 5.74) is 6.00. The van der Waals surface area contributed by atoms with Gasteiger partial charge in [0.15, 0.2) is 8.32 Å². The van der Waals surface area contributed by atoms with Gasteiger partial charge in [0.25, 0.3) is 0 Å². The lowest BCUT2D eigenvalue weighted by molar-refractivity contribution is 0.391. The molecule has 0 bridgehead atoms. The first-order valence-corrected chi connectivity index (χ1v) is 8.50. The predicted octanol–water partition coefficient (Wildman–Crippen LogP) is 2.73. The fraction of sp³-hybridized carbons (Fsp3) is 1.00. The zero-order chi connectivity index (χ0) is 11.6. The smallest absolute Gasteiger partial charge is 0.188 e. The number of hydrogen-bond acceptors (Lipinski definition) is 2. The average Bonchev–Trinajstić information content (AvgIpc) is 1.97. The van der Waals surface area contributed by atoms with Gasteiger partial charge in [-0.3, -0.25) is 0 Å². The molecule has 0 rings (SSSR count). The monoisotopic (exact) mass is 217 g/mol. The lowest BCUT2D eigenvalue weighted by Gasteiger charge is -2.36. The highest BCUT2D eigenvalue weighted by molar-refractivity contribution is 6.72. The van der Waals surface area contributed by atoms with Gasteiger partial charge in [0.2, 0.25) is 0 Å². The molecule has 14 heavy (non-hydrogen) atoms. The summed E-state index contributed by atoms with van der Waals surface area (Å²) in [4.78, 5) is 10.1. The molecule has 0 fully saturated rings. The van der Waals surface area contributed by atoms with Gasteiger partial charge in [0, 0.05) is 6.04 Å². The van der Waals surface area contributed by atoms with Crippen LogP contribution in [0.1, 0.15) is 40.5 Å². The summed E-state index contributed by atoms with van der Waals surface area (Å²) in [5.74, 6) is 0.536. The molecule has 0 spiro atoms. The second-order valence-corrected chi connectivity index (χ2v) is 10.4. The highest BCUT2D eigenvalue weighted by Gasteiger charge is 2.37. The van der Waals surface area contributed by atoms with Crippen LogP contribution >= 0.6 is 0 Å². The topological polar surface area (TPSA) is 46.2 Å². The molecular formula is C11H27NOSi. The van der Waals surface area contributed by atoms with Crippen molar-refractivity contribution in [3.63, 3.8) is 0 Å². The Balaban J connectivity index is 4.13. The maximum absolute atomic E-state index is 10.1. The van der Waals surface area contributed by atoms with E-state index in [1.165, 1.54) is 0 Å². The van der Waals surface area contributed by atoms with E-state index in [9.17, 15) is 4.80 Å². The Morgan fingerprint density at radius 3 is 2.00 bits per heavy atom. The van der Waals surface area contributed by atoms with E-state index in [2.05, 4.69) is 27.7 Å². The zero-order valence-corrected chi connectivity index (χ0v) is 11.6. The highest BCUT2D eigenvalue weighted by atomic mass is 28.4. The van der Waals surface area contributed by atoms with Gasteiger partial charge in [0.1, 0.15) is 0 Å². The van der Waals surface area contributed by atoms with E-state index in [-0.39, 0.29) is 11.1 Å². The summed E-state index contributed by atoms with van der Waals surface area (Å²) >= 11 is 0. The molecule has 2 nitrogen and oxygen atoms in total. The third-order valence-electron chi connectivity index (χ3n) is 3.62. The summed E-state index contributed by atoms with van der Waals surface area (Å²) in [6.07, 6.45) is 2.05. The Hall–Kier alpha value is 0.137. The summed E-state index contributed by atoms with van der Waals surface area (Å²) in [7, 11) is -2.04. The van der Waals surface area contributed by atoms with E-state index >= 15 is 0 Å². The zero-order valence-electron chi connectivity index (χ0n) is 10.6. The minimum atomic E-state index is -2.04. The van der Waals surface area contributed by atoms with Crippen molar-refractivity contribution in [1.29, 1.82) is 0 Å². The van der Waals surface area contributed by atoms with Crippen LogP contribution in [0.3, 0.4) is 0 Å². The van der Waals surface area contributed by atoms with Gasteiger partial charge in [-0.05, 0) is 36.9 Å². The molecule has 3 heteroatoms. The summed E-state index contributed by atoms with van der Waals surface area (Å²) < 4.78 is 0. The second-order valence-electron chi connectivity index (χ2n) is 5.89. The van der Waals surface area contributed by atoms with E-state index in [1.807, 2.05) is 13.1 Å². The largest absolute Gasteiger partial charge is 0.432 e. The van der Waals surface area contributed by atoms with Crippen molar-refractivity contribution in [3.05, 3.63) is 0 Å². The van der Waals surface area contributed by atoms with Crippen LogP contribution in [0.2, 0.25) is 18.1 Å². The standard InChI is InChI=1S/C11H27NOSi/c1-9(2)10(12)7-8-11(3,4)14(5,6)13/h9-10,13H,7-8,12H2,1-6H3/t10-/m1/s1. The molecule has 0 heterocycles. The van der Waals surface area contributed by atoms with Crippen LogP contribution < -0.4 is 5.73 Å². The van der Waals surface area contributed by atoms with Gasteiger partial charge in [-0.2, -0.15) is 0 Å². The minimum absolute atomic E-state index is 0.0690. The van der Waals surface area contributed by atoms with Gasteiger partial charge in [-0.1, -0.05) is 27.7 Å². The maximum atomic E-state index is 10.1. The first-order chi connectivity index (χ1) is 6.08. The molecule has 0 amide bonds. The van der Waals surface area contributed by atoms with E-state index < -0.39 is 8.32 Å². The Kier molecular flexibility index (Phi) is 4.82. The van der Waals surface area contributed by atoms with Gasteiger partial charge >= 0.3 is 0 Å². The van der Waals surface area contributed by atoms with Crippen molar-refractivity contribution >= 4 is 8.32 Å². The SMILES string of the molecule is CC(C)[C@H](N)CCC(C)(C)[Si](C)(C)O. The molecular weight excluding hydrogens is 190 g/mol. The quantitative estimate of drug-likeness (QED) is 0.696. The number of nitrogens with two attached hydrogens (primary N) is 1. The van der Waals surface area contributed by atoms with Gasteiger partial charge in [-0.25, -0.2) is 0 Å². The Morgan fingerprint density at radius 2 is 1.71 bits per heavy atom. The van der Waals surface area contributed by atoms with Crippen LogP contribution in [-0.2, 0) is 0 Å². The Morgan fingerprint density at radius 1 is 1.29 bits per heavy atom. The Labute approximate surface area is 90.0 Å². The molecule has 0 aliphatic heterocycles. The van der Waals surface area contributed by atoms with Crippen molar-refractivity contribution in [3.8, 4) is 0 Å². The van der Waals surface area contributed by atoms with Crippen LogP contribution in [-0.4, -0.2) is 19.2 Å². The van der Waals surface area contributed by atoms with Crippen molar-refractivity contribution in [2.24, 2.45) is 11.7 Å². The number of hydrogen-bond donors (Lipinski definition) is 2. The molecule has 0 saturated carbocycles. The van der Waals surface area contributed by atoms with Crippen LogP contribution in [0, 0.1) is 5.92 Å². The first kappa shape index (κ1) is 14.1. The van der Waals surface area contributed by atoms with E-state index in [0.29, 0.717) is 5.92 Å². The molecule has 86 valence electrons. The lowest BCUT2D eigenvalue weighted by atomic mass is 9.96. The molecule has 0 aromatic heterocycles. The Bertz CT molecular complexity index is 173. The van der Waals surface area contributed by atoms with Crippen molar-refractivity contribution < 1.29 is 4.80 Å². The minimum Gasteiger partial charge on any atom is -0.432 e. The molecule has 0 aliphatic carbocycles. The molecule has 3 N–H and O–H groups in total. The van der Waals surface area contributed by atoms with Crippen molar-refractivity contribution in [2.75, 3.05) is 0 Å². The fourth-order valence-corrected chi connectivity index (χ4v) is 1.92. The van der Waals surface area contributed by atoms with Gasteiger partial charge in [0.05, 0.1) is 0 Å². The summed E-state index contributed by atoms with van der Waals surface area (Å²) in [5, 5.41) is 0.0690. The van der Waals surface area contributed by atoms with Crippen molar-refractivity contribution in [1.82, 2.24) is 0 Å². The van der Waals surface area contributed by atoms with Crippen LogP contribution in [0.15, 0.2) is 0 Å². The molecule has 0 saturated heterocycles. The summed E-state index contributed by atoms with van der Waals surface area (Å²) in [6.45, 7) is 12.6. The molecule has 0 unspecified atom stereocenters. The van der Waals surface area contributed by atoms with Crippen LogP contribution in [0.25, 0.3) is 0 Å². The molecule has 0 aromatic rings. The second kappa shape index (κ2) is 4.77. The van der Waals surface area contributed by atoms with Crippen LogP contribution in [0.4, 0.5) is 0 Å².